The Hall–Kier alpha value is -4.36. The molecular weight excluding hydrogens is 369 g/mol. The van der Waals surface area contributed by atoms with Crippen LogP contribution in [-0.4, -0.2) is 9.97 Å². The number of nitrogens with zero attached hydrogens (tertiary/aromatic N) is 3. The lowest BCUT2D eigenvalue weighted by Crippen LogP contribution is -2.01. The number of aromatic nitrogens is 2. The van der Waals surface area contributed by atoms with Crippen molar-refractivity contribution in [2.24, 2.45) is 0 Å². The van der Waals surface area contributed by atoms with Gasteiger partial charge < -0.3 is 15.0 Å². The third-order valence-corrected chi connectivity index (χ3v) is 4.32. The number of aromatic amines is 1. The first-order valence-corrected chi connectivity index (χ1v) is 8.72. The van der Waals surface area contributed by atoms with Gasteiger partial charge in [-0.2, -0.15) is 10.5 Å². The Kier molecular flexibility index (Phi) is 4.79. The summed E-state index contributed by atoms with van der Waals surface area (Å²) in [5.41, 5.74) is 2.50. The van der Waals surface area contributed by atoms with Gasteiger partial charge in [0.05, 0.1) is 11.6 Å². The van der Waals surface area contributed by atoms with Crippen molar-refractivity contribution in [3.05, 3.63) is 83.4 Å². The summed E-state index contributed by atoms with van der Waals surface area (Å²) in [6.07, 6.45) is 1.86. The SMILES string of the molecule is N#Cc1ccc(COc2cc(C#N)nc(Nc3ccc4cc[nH]c4c3)c2)c(F)c1. The average molecular weight is 383 g/mol. The number of hydrogen-bond donors (Lipinski definition) is 2. The van der Waals surface area contributed by atoms with Crippen LogP contribution < -0.4 is 10.1 Å². The Morgan fingerprint density at radius 1 is 1.03 bits per heavy atom. The van der Waals surface area contributed by atoms with Crippen molar-refractivity contribution >= 4 is 22.4 Å². The minimum Gasteiger partial charge on any atom is -0.489 e. The Morgan fingerprint density at radius 2 is 1.93 bits per heavy atom. The zero-order chi connectivity index (χ0) is 20.2. The molecule has 4 rings (SSSR count). The highest BCUT2D eigenvalue weighted by molar-refractivity contribution is 5.83. The Balaban J connectivity index is 1.55. The third-order valence-electron chi connectivity index (χ3n) is 4.32. The Morgan fingerprint density at radius 3 is 2.72 bits per heavy atom. The molecule has 140 valence electrons. The molecule has 7 heteroatoms. The molecule has 0 unspecified atom stereocenters. The normalized spacial score (nSPS) is 10.3. The number of pyridine rings is 1. The zero-order valence-corrected chi connectivity index (χ0v) is 15.1. The molecule has 0 aliphatic heterocycles. The average Bonchev–Trinajstić information content (AvgIpc) is 3.20. The van der Waals surface area contributed by atoms with Crippen LogP contribution in [0.4, 0.5) is 15.9 Å². The Bertz CT molecular complexity index is 1280. The predicted octanol–water partition coefficient (Wildman–Crippen LogP) is 4.77. The number of hydrogen-bond acceptors (Lipinski definition) is 5. The highest BCUT2D eigenvalue weighted by Gasteiger charge is 2.08. The van der Waals surface area contributed by atoms with E-state index in [9.17, 15) is 9.65 Å². The van der Waals surface area contributed by atoms with Crippen molar-refractivity contribution in [3.8, 4) is 17.9 Å². The standard InChI is InChI=1S/C22H14FN5O/c23-20-7-14(11-24)1-2-16(20)13-29-19-8-18(12-25)28-22(10-19)27-17-4-3-15-5-6-26-21(15)9-17/h1-10,26H,13H2,(H,27,28). The second kappa shape index (κ2) is 7.71. The molecular formula is C22H14FN5O. The van der Waals surface area contributed by atoms with E-state index < -0.39 is 5.82 Å². The lowest BCUT2D eigenvalue weighted by atomic mass is 10.1. The molecule has 0 fully saturated rings. The molecule has 0 aliphatic carbocycles. The number of nitriles is 2. The summed E-state index contributed by atoms with van der Waals surface area (Å²) < 4.78 is 19.7. The second-order valence-electron chi connectivity index (χ2n) is 6.30. The summed E-state index contributed by atoms with van der Waals surface area (Å²) >= 11 is 0. The van der Waals surface area contributed by atoms with Gasteiger partial charge in [0.2, 0.25) is 0 Å². The fourth-order valence-corrected chi connectivity index (χ4v) is 2.88. The summed E-state index contributed by atoms with van der Waals surface area (Å²) in [6, 6.07) is 19.0. The molecule has 0 spiro atoms. The Labute approximate surface area is 165 Å². The van der Waals surface area contributed by atoms with Crippen LogP contribution in [0.3, 0.4) is 0 Å². The molecule has 2 heterocycles. The van der Waals surface area contributed by atoms with Crippen LogP contribution in [0.2, 0.25) is 0 Å². The first kappa shape index (κ1) is 18.0. The van der Waals surface area contributed by atoms with Gasteiger partial charge in [-0.1, -0.05) is 12.1 Å². The van der Waals surface area contributed by atoms with Crippen molar-refractivity contribution in [1.29, 1.82) is 10.5 Å². The van der Waals surface area contributed by atoms with Crippen molar-refractivity contribution in [2.75, 3.05) is 5.32 Å². The molecule has 0 saturated heterocycles. The number of fused-ring (bicyclic) bond motifs is 1. The number of anilines is 2. The van der Waals surface area contributed by atoms with Gasteiger partial charge in [0, 0.05) is 35.1 Å². The molecule has 0 atom stereocenters. The van der Waals surface area contributed by atoms with E-state index in [2.05, 4.69) is 15.3 Å². The number of halogens is 1. The highest BCUT2D eigenvalue weighted by Crippen LogP contribution is 2.24. The van der Waals surface area contributed by atoms with E-state index in [0.717, 1.165) is 22.7 Å². The number of nitrogens with one attached hydrogen (secondary N) is 2. The van der Waals surface area contributed by atoms with Crippen LogP contribution in [0.5, 0.6) is 5.75 Å². The van der Waals surface area contributed by atoms with Gasteiger partial charge in [-0.25, -0.2) is 9.37 Å². The summed E-state index contributed by atoms with van der Waals surface area (Å²) in [5, 5.41) is 22.3. The molecule has 2 aromatic heterocycles. The number of rotatable bonds is 5. The molecule has 0 amide bonds. The lowest BCUT2D eigenvalue weighted by Gasteiger charge is -2.11. The monoisotopic (exact) mass is 383 g/mol. The first-order valence-electron chi connectivity index (χ1n) is 8.72. The van der Waals surface area contributed by atoms with Gasteiger partial charge in [-0.15, -0.1) is 0 Å². The predicted molar refractivity (Wildman–Crippen MR) is 106 cm³/mol. The smallest absolute Gasteiger partial charge is 0.146 e. The van der Waals surface area contributed by atoms with E-state index in [-0.39, 0.29) is 17.9 Å². The molecule has 2 aromatic carbocycles. The van der Waals surface area contributed by atoms with Crippen molar-refractivity contribution in [3.63, 3.8) is 0 Å². The van der Waals surface area contributed by atoms with E-state index in [4.69, 9.17) is 10.00 Å². The number of ether oxygens (including phenoxy) is 1. The molecule has 4 aromatic rings. The lowest BCUT2D eigenvalue weighted by molar-refractivity contribution is 0.299. The molecule has 6 nitrogen and oxygen atoms in total. The van der Waals surface area contributed by atoms with E-state index in [1.807, 2.05) is 42.6 Å². The van der Waals surface area contributed by atoms with Crippen LogP contribution in [0.15, 0.2) is 60.8 Å². The maximum absolute atomic E-state index is 14.0. The molecule has 0 bridgehead atoms. The van der Waals surface area contributed by atoms with Crippen LogP contribution in [0.1, 0.15) is 16.8 Å². The van der Waals surface area contributed by atoms with Gasteiger partial charge in [0.1, 0.15) is 35.8 Å². The van der Waals surface area contributed by atoms with E-state index in [1.54, 1.807) is 6.07 Å². The fraction of sp³-hybridized carbons (Fsp3) is 0.0455. The molecule has 2 N–H and O–H groups in total. The van der Waals surface area contributed by atoms with E-state index >= 15 is 0 Å². The van der Waals surface area contributed by atoms with Gasteiger partial charge >= 0.3 is 0 Å². The van der Waals surface area contributed by atoms with Crippen LogP contribution in [-0.2, 0) is 6.61 Å². The van der Waals surface area contributed by atoms with E-state index in [0.29, 0.717) is 17.1 Å². The first-order chi connectivity index (χ1) is 14.1. The second-order valence-corrected chi connectivity index (χ2v) is 6.30. The highest BCUT2D eigenvalue weighted by atomic mass is 19.1. The molecule has 29 heavy (non-hydrogen) atoms. The summed E-state index contributed by atoms with van der Waals surface area (Å²) in [5.74, 6) is 0.297. The number of H-pyrrole nitrogens is 1. The molecule has 0 radical (unpaired) electrons. The van der Waals surface area contributed by atoms with Crippen molar-refractivity contribution in [2.45, 2.75) is 6.61 Å². The third kappa shape index (κ3) is 4.00. The van der Waals surface area contributed by atoms with Gasteiger partial charge in [0.25, 0.3) is 0 Å². The van der Waals surface area contributed by atoms with Gasteiger partial charge in [-0.05, 0) is 35.7 Å². The van der Waals surface area contributed by atoms with E-state index in [1.165, 1.54) is 18.2 Å². The summed E-state index contributed by atoms with van der Waals surface area (Å²) in [6.45, 7) is -0.0414. The maximum atomic E-state index is 14.0. The van der Waals surface area contributed by atoms with Crippen LogP contribution in [0, 0.1) is 28.5 Å². The van der Waals surface area contributed by atoms with Gasteiger partial charge in [-0.3, -0.25) is 0 Å². The molecule has 0 aliphatic rings. The molecule has 0 saturated carbocycles. The quantitative estimate of drug-likeness (QED) is 0.517. The summed E-state index contributed by atoms with van der Waals surface area (Å²) in [7, 11) is 0. The minimum absolute atomic E-state index is 0.0414. The number of benzene rings is 2. The van der Waals surface area contributed by atoms with Crippen LogP contribution in [0.25, 0.3) is 10.9 Å². The fourth-order valence-electron chi connectivity index (χ4n) is 2.88. The summed E-state index contributed by atoms with van der Waals surface area (Å²) in [4.78, 5) is 7.38. The topological polar surface area (TPSA) is 97.5 Å². The van der Waals surface area contributed by atoms with Gasteiger partial charge in [0.15, 0.2) is 0 Å². The zero-order valence-electron chi connectivity index (χ0n) is 15.1. The minimum atomic E-state index is -0.517. The van der Waals surface area contributed by atoms with Crippen molar-refractivity contribution in [1.82, 2.24) is 9.97 Å². The largest absolute Gasteiger partial charge is 0.489 e. The van der Waals surface area contributed by atoms with Crippen LogP contribution >= 0.6 is 0 Å². The van der Waals surface area contributed by atoms with Crippen molar-refractivity contribution < 1.29 is 9.13 Å². The maximum Gasteiger partial charge on any atom is 0.146 e.